The van der Waals surface area contributed by atoms with Crippen LogP contribution >= 0.6 is 0 Å². The first-order chi connectivity index (χ1) is 16.0. The van der Waals surface area contributed by atoms with Crippen molar-refractivity contribution < 1.29 is 14.3 Å². The van der Waals surface area contributed by atoms with Crippen molar-refractivity contribution >= 4 is 12.0 Å². The molecule has 2 N–H and O–H groups in total. The standard InChI is InChI=1S/C26H30N4O3/c1-18(2)24(25(31)27-13-7-15-30-16-8-14-28-30)29-26(32)33-17-23-21-11-5-3-9-19(21)20-10-4-6-12-22(20)23/h3-6,8-12,14,16,18,23-24H,7,13,15,17H2,1-2H3,(H,27,31)(H,29,32)/t24-/m0/s1. The molecular formula is C26H30N4O3. The molecule has 7 nitrogen and oxygen atoms in total. The number of carbonyl (C=O) groups is 2. The molecule has 4 rings (SSSR count). The number of amides is 2. The summed E-state index contributed by atoms with van der Waals surface area (Å²) >= 11 is 0. The van der Waals surface area contributed by atoms with Gasteiger partial charge in [0.1, 0.15) is 12.6 Å². The van der Waals surface area contributed by atoms with E-state index in [4.69, 9.17) is 4.74 Å². The molecule has 1 aliphatic carbocycles. The van der Waals surface area contributed by atoms with E-state index < -0.39 is 12.1 Å². The van der Waals surface area contributed by atoms with E-state index in [0.29, 0.717) is 6.54 Å². The molecule has 33 heavy (non-hydrogen) atoms. The first-order valence-electron chi connectivity index (χ1n) is 11.4. The van der Waals surface area contributed by atoms with Crippen LogP contribution < -0.4 is 10.6 Å². The summed E-state index contributed by atoms with van der Waals surface area (Å²) in [5, 5.41) is 9.80. The highest BCUT2D eigenvalue weighted by molar-refractivity contribution is 5.86. The maximum atomic E-state index is 12.7. The van der Waals surface area contributed by atoms with E-state index in [2.05, 4.69) is 40.0 Å². The first kappa shape index (κ1) is 22.6. The Bertz CT molecular complexity index is 1050. The van der Waals surface area contributed by atoms with Crippen LogP contribution in [0.1, 0.15) is 37.3 Å². The number of ether oxygens (including phenoxy) is 1. The number of nitrogens with one attached hydrogen (secondary N) is 2. The maximum absolute atomic E-state index is 12.7. The van der Waals surface area contributed by atoms with Crippen molar-refractivity contribution in [1.82, 2.24) is 20.4 Å². The van der Waals surface area contributed by atoms with Crippen molar-refractivity contribution in [2.45, 2.75) is 38.8 Å². The molecule has 0 aliphatic heterocycles. The molecule has 0 fully saturated rings. The Morgan fingerprint density at radius 3 is 2.30 bits per heavy atom. The van der Waals surface area contributed by atoms with Gasteiger partial charge in [-0.25, -0.2) is 4.79 Å². The van der Waals surface area contributed by atoms with Crippen LogP contribution in [0, 0.1) is 5.92 Å². The molecule has 172 valence electrons. The monoisotopic (exact) mass is 446 g/mol. The number of nitrogens with zero attached hydrogens (tertiary/aromatic N) is 2. The van der Waals surface area contributed by atoms with E-state index in [9.17, 15) is 9.59 Å². The summed E-state index contributed by atoms with van der Waals surface area (Å²) in [7, 11) is 0. The molecule has 1 aromatic heterocycles. The second kappa shape index (κ2) is 10.3. The molecule has 0 unspecified atom stereocenters. The number of hydrogen-bond donors (Lipinski definition) is 2. The van der Waals surface area contributed by atoms with Gasteiger partial charge in [0.2, 0.25) is 5.91 Å². The van der Waals surface area contributed by atoms with Crippen LogP contribution in [0.15, 0.2) is 67.0 Å². The number of rotatable bonds is 9. The topological polar surface area (TPSA) is 85.2 Å². The molecule has 0 bridgehead atoms. The van der Waals surface area contributed by atoms with Crippen LogP contribution in [0.3, 0.4) is 0 Å². The molecule has 7 heteroatoms. The van der Waals surface area contributed by atoms with Crippen LogP contribution in [-0.2, 0) is 16.1 Å². The van der Waals surface area contributed by atoms with E-state index >= 15 is 0 Å². The van der Waals surface area contributed by atoms with Gasteiger partial charge in [0, 0.05) is 31.4 Å². The molecule has 2 amide bonds. The fraction of sp³-hybridized carbons (Fsp3) is 0.346. The molecule has 3 aromatic rings. The fourth-order valence-corrected chi connectivity index (χ4v) is 4.30. The Balaban J connectivity index is 1.31. The molecule has 0 spiro atoms. The van der Waals surface area contributed by atoms with Gasteiger partial charge >= 0.3 is 6.09 Å². The largest absolute Gasteiger partial charge is 0.449 e. The van der Waals surface area contributed by atoms with Gasteiger partial charge in [-0.3, -0.25) is 9.48 Å². The first-order valence-corrected chi connectivity index (χ1v) is 11.4. The van der Waals surface area contributed by atoms with Crippen molar-refractivity contribution in [3.63, 3.8) is 0 Å². The van der Waals surface area contributed by atoms with E-state index in [1.165, 1.54) is 11.1 Å². The average molecular weight is 447 g/mol. The number of aryl methyl sites for hydroxylation is 1. The predicted molar refractivity (Wildman–Crippen MR) is 127 cm³/mol. The van der Waals surface area contributed by atoms with Crippen molar-refractivity contribution in [2.75, 3.05) is 13.2 Å². The van der Waals surface area contributed by atoms with Crippen LogP contribution in [0.5, 0.6) is 0 Å². The lowest BCUT2D eigenvalue weighted by atomic mass is 9.98. The molecule has 1 aliphatic rings. The highest BCUT2D eigenvalue weighted by atomic mass is 16.5. The predicted octanol–water partition coefficient (Wildman–Crippen LogP) is 3.95. The third-order valence-electron chi connectivity index (χ3n) is 5.99. The lowest BCUT2D eigenvalue weighted by Gasteiger charge is -2.22. The highest BCUT2D eigenvalue weighted by Gasteiger charge is 2.30. The van der Waals surface area contributed by atoms with Crippen molar-refractivity contribution in [3.05, 3.63) is 78.1 Å². The minimum absolute atomic E-state index is 0.0169. The van der Waals surface area contributed by atoms with Crippen molar-refractivity contribution in [3.8, 4) is 11.1 Å². The Hall–Kier alpha value is -3.61. The third kappa shape index (κ3) is 5.25. The van der Waals surface area contributed by atoms with Crippen LogP contribution in [-0.4, -0.2) is 41.0 Å². The molecule has 2 aromatic carbocycles. The minimum atomic E-state index is -0.662. The van der Waals surface area contributed by atoms with Gasteiger partial charge < -0.3 is 15.4 Å². The lowest BCUT2D eigenvalue weighted by molar-refractivity contribution is -0.124. The summed E-state index contributed by atoms with van der Waals surface area (Å²) in [5.41, 5.74) is 4.66. The zero-order valence-electron chi connectivity index (χ0n) is 19.0. The van der Waals surface area contributed by atoms with Crippen molar-refractivity contribution in [1.29, 1.82) is 0 Å². The summed E-state index contributed by atoms with van der Waals surface area (Å²) in [5.74, 6) is -0.299. The number of alkyl carbamates (subject to hydrolysis) is 1. The lowest BCUT2D eigenvalue weighted by Crippen LogP contribution is -2.50. The van der Waals surface area contributed by atoms with Crippen LogP contribution in [0.2, 0.25) is 0 Å². The van der Waals surface area contributed by atoms with E-state index in [-0.39, 0.29) is 24.3 Å². The minimum Gasteiger partial charge on any atom is -0.449 e. The Morgan fingerprint density at radius 2 is 1.70 bits per heavy atom. The van der Waals surface area contributed by atoms with E-state index in [0.717, 1.165) is 24.1 Å². The SMILES string of the molecule is CC(C)[C@H](NC(=O)OCC1c2ccccc2-c2ccccc21)C(=O)NCCCn1cccn1. The van der Waals surface area contributed by atoms with Crippen LogP contribution in [0.4, 0.5) is 4.79 Å². The van der Waals surface area contributed by atoms with Crippen molar-refractivity contribution in [2.24, 2.45) is 5.92 Å². The number of aromatic nitrogens is 2. The van der Waals surface area contributed by atoms with Gasteiger partial charge in [-0.05, 0) is 40.7 Å². The summed E-state index contributed by atoms with van der Waals surface area (Å²) in [6.45, 7) is 5.25. The quantitative estimate of drug-likeness (QED) is 0.488. The maximum Gasteiger partial charge on any atom is 0.407 e. The molecule has 1 atom stereocenters. The van der Waals surface area contributed by atoms with E-state index in [1.54, 1.807) is 6.20 Å². The second-order valence-corrected chi connectivity index (χ2v) is 8.61. The smallest absolute Gasteiger partial charge is 0.407 e. The molecule has 1 heterocycles. The van der Waals surface area contributed by atoms with Gasteiger partial charge in [-0.15, -0.1) is 0 Å². The summed E-state index contributed by atoms with van der Waals surface area (Å²) in [6.07, 6.45) is 3.79. The van der Waals surface area contributed by atoms with Crippen LogP contribution in [0.25, 0.3) is 11.1 Å². The van der Waals surface area contributed by atoms with Gasteiger partial charge in [-0.1, -0.05) is 62.4 Å². The van der Waals surface area contributed by atoms with E-state index in [1.807, 2.05) is 55.1 Å². The zero-order valence-corrected chi connectivity index (χ0v) is 19.0. The Kier molecular flexibility index (Phi) is 7.07. The average Bonchev–Trinajstić information content (AvgIpc) is 3.45. The number of hydrogen-bond acceptors (Lipinski definition) is 4. The summed E-state index contributed by atoms with van der Waals surface area (Å²) in [4.78, 5) is 25.3. The summed E-state index contributed by atoms with van der Waals surface area (Å²) < 4.78 is 7.42. The fourth-order valence-electron chi connectivity index (χ4n) is 4.30. The molecule has 0 radical (unpaired) electrons. The second-order valence-electron chi connectivity index (χ2n) is 8.61. The van der Waals surface area contributed by atoms with Gasteiger partial charge in [0.25, 0.3) is 0 Å². The number of fused-ring (bicyclic) bond motifs is 3. The molecular weight excluding hydrogens is 416 g/mol. The number of benzene rings is 2. The Labute approximate surface area is 194 Å². The van der Waals surface area contributed by atoms with Gasteiger partial charge in [-0.2, -0.15) is 5.10 Å². The summed E-state index contributed by atoms with van der Waals surface area (Å²) in [6, 6.07) is 17.6. The molecule has 0 saturated carbocycles. The zero-order chi connectivity index (χ0) is 23.2. The molecule has 0 saturated heterocycles. The van der Waals surface area contributed by atoms with Gasteiger partial charge in [0.15, 0.2) is 0 Å². The Morgan fingerprint density at radius 1 is 1.03 bits per heavy atom. The third-order valence-corrected chi connectivity index (χ3v) is 5.99. The highest BCUT2D eigenvalue weighted by Crippen LogP contribution is 2.44. The van der Waals surface area contributed by atoms with Gasteiger partial charge in [0.05, 0.1) is 0 Å². The number of carbonyl (C=O) groups excluding carboxylic acids is 2. The normalized spacial score (nSPS) is 13.3.